The number of rotatable bonds is 63. The lowest BCUT2D eigenvalue weighted by molar-refractivity contribution is -0.302. The molecule has 7 atom stereocenters. The van der Waals surface area contributed by atoms with Crippen molar-refractivity contribution in [1.82, 2.24) is 5.32 Å². The van der Waals surface area contributed by atoms with Gasteiger partial charge < -0.3 is 45.1 Å². The number of allylic oxidation sites excluding steroid dienone is 3. The number of carbonyl (C=O) groups excluding carboxylic acids is 2. The minimum Gasteiger partial charge on any atom is -0.466 e. The molecule has 1 heterocycles. The highest BCUT2D eigenvalue weighted by Gasteiger charge is 2.44. The molecule has 0 aromatic carbocycles. The molecule has 484 valence electrons. The number of unbranched alkanes of at least 4 members (excludes halogenated alkanes) is 47. The molecule has 0 aliphatic carbocycles. The van der Waals surface area contributed by atoms with Crippen molar-refractivity contribution in [3.63, 3.8) is 0 Å². The van der Waals surface area contributed by atoms with Crippen LogP contribution in [0.4, 0.5) is 0 Å². The summed E-state index contributed by atoms with van der Waals surface area (Å²) in [4.78, 5) is 25.0. The van der Waals surface area contributed by atoms with E-state index in [4.69, 9.17) is 14.2 Å². The van der Waals surface area contributed by atoms with Gasteiger partial charge in [0.1, 0.15) is 24.4 Å². The van der Waals surface area contributed by atoms with Gasteiger partial charge in [-0.25, -0.2) is 0 Å². The molecule has 11 nitrogen and oxygen atoms in total. The van der Waals surface area contributed by atoms with E-state index in [9.17, 15) is 35.1 Å². The first-order valence-electron chi connectivity index (χ1n) is 35.6. The molecule has 0 bridgehead atoms. The van der Waals surface area contributed by atoms with E-state index >= 15 is 0 Å². The first kappa shape index (κ1) is 78.2. The maximum absolute atomic E-state index is 13.0. The van der Waals surface area contributed by atoms with Crippen LogP contribution in [0.5, 0.6) is 0 Å². The molecule has 0 saturated carbocycles. The first-order valence-corrected chi connectivity index (χ1v) is 35.6. The van der Waals surface area contributed by atoms with E-state index in [-0.39, 0.29) is 18.5 Å². The van der Waals surface area contributed by atoms with Crippen LogP contribution in [0.3, 0.4) is 0 Å². The summed E-state index contributed by atoms with van der Waals surface area (Å²) in [7, 11) is 0. The predicted octanol–water partition coefficient (Wildman–Crippen LogP) is 18.0. The number of aliphatic hydroxyl groups excluding tert-OH is 5. The molecule has 7 unspecified atom stereocenters. The molecule has 6 N–H and O–H groups in total. The molecule has 1 fully saturated rings. The molecule has 0 aromatic heterocycles. The van der Waals surface area contributed by atoms with Crippen LogP contribution in [-0.2, 0) is 23.8 Å². The fourth-order valence-corrected chi connectivity index (χ4v) is 11.4. The van der Waals surface area contributed by atoms with Crippen LogP contribution in [0.1, 0.15) is 354 Å². The lowest BCUT2D eigenvalue weighted by atomic mass is 9.99. The minimum absolute atomic E-state index is 0.00464. The van der Waals surface area contributed by atoms with Crippen LogP contribution in [0.25, 0.3) is 0 Å². The van der Waals surface area contributed by atoms with E-state index in [1.165, 1.54) is 270 Å². The van der Waals surface area contributed by atoms with Crippen molar-refractivity contribution in [1.29, 1.82) is 0 Å². The van der Waals surface area contributed by atoms with Crippen molar-refractivity contribution >= 4 is 11.9 Å². The largest absolute Gasteiger partial charge is 0.466 e. The standard InChI is InChI=1S/C71H135NO10/c1-3-5-7-9-11-13-14-39-43-47-51-55-59-67(76)80-60-56-52-48-44-40-37-35-33-31-29-27-25-23-21-19-17-15-16-18-20-22-24-26-28-30-32-34-36-38-42-46-50-54-58-66(75)72-63(64(74)57-53-49-45-41-12-10-8-6-4-2)62-81-71-70(79)69(78)68(77)65(61-73)82-71/h11,13,53,57,63-65,68-71,73-74,77-79H,3-10,12,14-52,54-56,58-62H2,1-2H3,(H,72,75)/b13-11-,57-53+. The third kappa shape index (κ3) is 49.3. The minimum atomic E-state index is -1.57. The molecule has 11 heteroatoms. The van der Waals surface area contributed by atoms with E-state index in [0.29, 0.717) is 19.4 Å². The zero-order valence-corrected chi connectivity index (χ0v) is 53.7. The monoisotopic (exact) mass is 1160 g/mol. The van der Waals surface area contributed by atoms with Gasteiger partial charge in [-0.15, -0.1) is 0 Å². The maximum atomic E-state index is 13.0. The summed E-state index contributed by atoms with van der Waals surface area (Å²) < 4.78 is 16.7. The fraction of sp³-hybridized carbons (Fsp3) is 0.915. The van der Waals surface area contributed by atoms with Gasteiger partial charge in [0.2, 0.25) is 5.91 Å². The summed E-state index contributed by atoms with van der Waals surface area (Å²) in [6, 6.07) is -0.804. The SMILES string of the molecule is CCCCC/C=C\CCCCCCCC(=O)OCCCCCCCCCCCCCCCCCCCCCCCCCCCCCCCCCCCC(=O)NC(COC1OC(CO)C(O)C(O)C1O)C(O)/C=C/CCCCCCCCC. The summed E-state index contributed by atoms with van der Waals surface area (Å²) in [5, 5.41) is 54.3. The van der Waals surface area contributed by atoms with Gasteiger partial charge in [0, 0.05) is 12.8 Å². The van der Waals surface area contributed by atoms with E-state index in [2.05, 4.69) is 31.3 Å². The Labute approximate surface area is 505 Å². The summed E-state index contributed by atoms with van der Waals surface area (Å²) in [6.45, 7) is 4.33. The molecule has 0 spiro atoms. The summed E-state index contributed by atoms with van der Waals surface area (Å²) in [6.07, 6.45) is 66.3. The van der Waals surface area contributed by atoms with Gasteiger partial charge in [-0.3, -0.25) is 9.59 Å². The Morgan fingerprint density at radius 1 is 0.439 bits per heavy atom. The average molecular weight is 1160 g/mol. The van der Waals surface area contributed by atoms with Crippen molar-refractivity contribution < 1.29 is 49.3 Å². The van der Waals surface area contributed by atoms with Crippen LogP contribution in [0.15, 0.2) is 24.3 Å². The number of amides is 1. The number of hydrogen-bond acceptors (Lipinski definition) is 10. The molecule has 1 aliphatic rings. The Bertz CT molecular complexity index is 1410. The van der Waals surface area contributed by atoms with E-state index in [0.717, 1.165) is 57.8 Å². The number of nitrogens with one attached hydrogen (secondary N) is 1. The third-order valence-electron chi connectivity index (χ3n) is 17.1. The molecule has 82 heavy (non-hydrogen) atoms. The lowest BCUT2D eigenvalue weighted by Crippen LogP contribution is -2.60. The Balaban J connectivity index is 1.88. The van der Waals surface area contributed by atoms with Crippen LogP contribution < -0.4 is 5.32 Å². The van der Waals surface area contributed by atoms with Crippen molar-refractivity contribution in [3.05, 3.63) is 24.3 Å². The molecule has 0 radical (unpaired) electrons. The molecule has 1 saturated heterocycles. The Morgan fingerprint density at radius 3 is 1.20 bits per heavy atom. The highest BCUT2D eigenvalue weighted by atomic mass is 16.7. The number of ether oxygens (including phenoxy) is 3. The molecule has 1 rings (SSSR count). The number of carbonyl (C=O) groups is 2. The Hall–Kier alpha value is -1.86. The van der Waals surface area contributed by atoms with Crippen LogP contribution >= 0.6 is 0 Å². The molecular weight excluding hydrogens is 1030 g/mol. The summed E-state index contributed by atoms with van der Waals surface area (Å²) in [5.74, 6) is -0.173. The third-order valence-corrected chi connectivity index (χ3v) is 17.1. The van der Waals surface area contributed by atoms with E-state index in [1.54, 1.807) is 6.08 Å². The molecule has 0 aromatic rings. The fourth-order valence-electron chi connectivity index (χ4n) is 11.4. The summed E-state index contributed by atoms with van der Waals surface area (Å²) in [5.41, 5.74) is 0. The van der Waals surface area contributed by atoms with Gasteiger partial charge in [-0.2, -0.15) is 0 Å². The second kappa shape index (κ2) is 60.8. The average Bonchev–Trinajstić information content (AvgIpc) is 3.68. The first-order chi connectivity index (χ1) is 40.2. The summed E-state index contributed by atoms with van der Waals surface area (Å²) >= 11 is 0. The topological polar surface area (TPSA) is 175 Å². The van der Waals surface area contributed by atoms with Crippen molar-refractivity contribution in [2.75, 3.05) is 19.8 Å². The van der Waals surface area contributed by atoms with Crippen LogP contribution in [0.2, 0.25) is 0 Å². The highest BCUT2D eigenvalue weighted by molar-refractivity contribution is 5.76. The second-order valence-electron chi connectivity index (χ2n) is 24.9. The normalized spacial score (nSPS) is 18.3. The molecule has 1 aliphatic heterocycles. The molecular formula is C71H135NO10. The van der Waals surface area contributed by atoms with Gasteiger partial charge in [0.15, 0.2) is 6.29 Å². The van der Waals surface area contributed by atoms with Gasteiger partial charge in [0.05, 0.1) is 32.0 Å². The highest BCUT2D eigenvalue weighted by Crippen LogP contribution is 2.23. The number of aliphatic hydroxyl groups is 5. The zero-order valence-electron chi connectivity index (χ0n) is 53.7. The van der Waals surface area contributed by atoms with Crippen molar-refractivity contribution in [2.45, 2.75) is 397 Å². The number of hydrogen-bond donors (Lipinski definition) is 6. The van der Waals surface area contributed by atoms with Gasteiger partial charge in [0.25, 0.3) is 0 Å². The van der Waals surface area contributed by atoms with E-state index < -0.39 is 49.5 Å². The van der Waals surface area contributed by atoms with Gasteiger partial charge in [-0.05, 0) is 57.8 Å². The van der Waals surface area contributed by atoms with Gasteiger partial charge >= 0.3 is 5.97 Å². The smallest absolute Gasteiger partial charge is 0.305 e. The van der Waals surface area contributed by atoms with Gasteiger partial charge in [-0.1, -0.05) is 308 Å². The Morgan fingerprint density at radius 2 is 0.780 bits per heavy atom. The van der Waals surface area contributed by atoms with Crippen LogP contribution in [-0.4, -0.2) is 100 Å². The lowest BCUT2D eigenvalue weighted by Gasteiger charge is -2.40. The Kier molecular flexibility index (Phi) is 58.0. The number of esters is 1. The molecule has 1 amide bonds. The van der Waals surface area contributed by atoms with Crippen molar-refractivity contribution in [3.8, 4) is 0 Å². The maximum Gasteiger partial charge on any atom is 0.305 e. The second-order valence-corrected chi connectivity index (χ2v) is 24.9. The van der Waals surface area contributed by atoms with Crippen LogP contribution in [0, 0.1) is 0 Å². The zero-order chi connectivity index (χ0) is 59.5. The van der Waals surface area contributed by atoms with E-state index in [1.807, 2.05) is 6.08 Å². The quantitative estimate of drug-likeness (QED) is 0.0195. The predicted molar refractivity (Wildman–Crippen MR) is 343 cm³/mol. The van der Waals surface area contributed by atoms with Crippen molar-refractivity contribution in [2.24, 2.45) is 0 Å².